The maximum atomic E-state index is 12.1. The fraction of sp³-hybridized carbons (Fsp3) is 0. The fourth-order valence-corrected chi connectivity index (χ4v) is 2.22. The minimum atomic E-state index is -4.29. The first-order valence-corrected chi connectivity index (χ1v) is 7.97. The van der Waals surface area contributed by atoms with Crippen molar-refractivity contribution in [1.29, 1.82) is 0 Å². The zero-order valence-corrected chi connectivity index (χ0v) is 13.2. The van der Waals surface area contributed by atoms with Crippen molar-refractivity contribution in [2.24, 2.45) is 5.14 Å². The van der Waals surface area contributed by atoms with Crippen LogP contribution in [-0.2, 0) is 10.3 Å². The van der Waals surface area contributed by atoms with E-state index in [0.29, 0.717) is 5.02 Å². The van der Waals surface area contributed by atoms with E-state index in [1.54, 1.807) is 0 Å². The van der Waals surface area contributed by atoms with Crippen LogP contribution in [0.25, 0.3) is 0 Å². The molecule has 0 heterocycles. The molecule has 22 heavy (non-hydrogen) atoms. The first-order valence-electron chi connectivity index (χ1n) is 5.74. The minimum absolute atomic E-state index is 0.184. The van der Waals surface area contributed by atoms with Crippen molar-refractivity contribution in [3.63, 3.8) is 0 Å². The minimum Gasteiger partial charge on any atom is -0.423 e. The van der Waals surface area contributed by atoms with Crippen LogP contribution in [0.3, 0.4) is 0 Å². The van der Waals surface area contributed by atoms with Gasteiger partial charge in [0, 0.05) is 10.0 Å². The second-order valence-electron chi connectivity index (χ2n) is 4.06. The van der Waals surface area contributed by atoms with E-state index in [9.17, 15) is 13.2 Å². The molecule has 0 amide bonds. The third-order valence-electron chi connectivity index (χ3n) is 2.39. The van der Waals surface area contributed by atoms with Crippen molar-refractivity contribution in [1.82, 2.24) is 0 Å². The third-order valence-corrected chi connectivity index (χ3v) is 3.29. The molecule has 2 rings (SSSR count). The van der Waals surface area contributed by atoms with Crippen LogP contribution in [0.2, 0.25) is 10.0 Å². The Morgan fingerprint density at radius 2 is 1.59 bits per heavy atom. The van der Waals surface area contributed by atoms with E-state index in [0.717, 1.165) is 0 Å². The van der Waals surface area contributed by atoms with Gasteiger partial charge in [-0.3, -0.25) is 0 Å². The Balaban J connectivity index is 2.31. The molecule has 6 nitrogen and oxygen atoms in total. The molecule has 0 saturated heterocycles. The highest BCUT2D eigenvalue weighted by atomic mass is 35.5. The van der Waals surface area contributed by atoms with Crippen LogP contribution < -0.4 is 14.1 Å². The summed E-state index contributed by atoms with van der Waals surface area (Å²) in [6.07, 6.45) is 0. The van der Waals surface area contributed by atoms with Gasteiger partial charge in [-0.1, -0.05) is 23.2 Å². The van der Waals surface area contributed by atoms with Gasteiger partial charge in [-0.15, -0.1) is 0 Å². The van der Waals surface area contributed by atoms with Crippen LogP contribution in [0.4, 0.5) is 0 Å². The molecular weight excluding hydrogens is 353 g/mol. The molecule has 2 aromatic rings. The van der Waals surface area contributed by atoms with Crippen LogP contribution in [0.5, 0.6) is 11.5 Å². The van der Waals surface area contributed by atoms with Crippen molar-refractivity contribution in [2.75, 3.05) is 0 Å². The van der Waals surface area contributed by atoms with Gasteiger partial charge in [-0.2, -0.15) is 13.6 Å². The number of nitrogens with two attached hydrogens (primary N) is 1. The number of halogens is 2. The molecular formula is C13H9Cl2NO5S. The Labute approximate surface area is 136 Å². The molecule has 0 aliphatic heterocycles. The average Bonchev–Trinajstić information content (AvgIpc) is 2.42. The van der Waals surface area contributed by atoms with E-state index in [2.05, 4.69) is 4.18 Å². The second-order valence-corrected chi connectivity index (χ2v) is 6.09. The highest BCUT2D eigenvalue weighted by molar-refractivity contribution is 7.84. The number of carbonyl (C=O) groups is 1. The zero-order chi connectivity index (χ0) is 16.3. The van der Waals surface area contributed by atoms with Gasteiger partial charge in [-0.25, -0.2) is 4.79 Å². The summed E-state index contributed by atoms with van der Waals surface area (Å²) in [5.74, 6) is -0.926. The highest BCUT2D eigenvalue weighted by Crippen LogP contribution is 2.26. The van der Waals surface area contributed by atoms with Crippen LogP contribution >= 0.6 is 23.2 Å². The lowest BCUT2D eigenvalue weighted by molar-refractivity contribution is 0.0733. The Kier molecular flexibility index (Phi) is 4.92. The summed E-state index contributed by atoms with van der Waals surface area (Å²) >= 11 is 11.5. The first-order chi connectivity index (χ1) is 10.2. The quantitative estimate of drug-likeness (QED) is 0.667. The van der Waals surface area contributed by atoms with Gasteiger partial charge in [-0.05, 0) is 42.5 Å². The first kappa shape index (κ1) is 16.6. The number of hydrogen-bond donors (Lipinski definition) is 1. The second kappa shape index (κ2) is 6.53. The molecule has 9 heteroatoms. The maximum absolute atomic E-state index is 12.1. The molecule has 0 spiro atoms. The number of carbonyl (C=O) groups excluding carboxylic acids is 1. The molecule has 0 fully saturated rings. The van der Waals surface area contributed by atoms with Crippen molar-refractivity contribution < 1.29 is 22.1 Å². The molecule has 0 atom stereocenters. The SMILES string of the molecule is NS(=O)(=O)Oc1ccc(Cl)cc1C(=O)Oc1ccc(Cl)cc1. The molecule has 0 aliphatic carbocycles. The van der Waals surface area contributed by atoms with Gasteiger partial charge in [0.2, 0.25) is 0 Å². The number of rotatable bonds is 4. The number of esters is 1. The van der Waals surface area contributed by atoms with Crippen LogP contribution in [0, 0.1) is 0 Å². The Morgan fingerprint density at radius 3 is 2.18 bits per heavy atom. The molecule has 0 bridgehead atoms. The number of benzene rings is 2. The molecule has 0 aromatic heterocycles. The summed E-state index contributed by atoms with van der Waals surface area (Å²) in [7, 11) is -4.29. The number of ether oxygens (including phenoxy) is 1. The van der Waals surface area contributed by atoms with Crippen molar-refractivity contribution in [3.05, 3.63) is 58.1 Å². The monoisotopic (exact) mass is 361 g/mol. The normalized spacial score (nSPS) is 11.0. The predicted octanol–water partition coefficient (Wildman–Crippen LogP) is 2.79. The van der Waals surface area contributed by atoms with Gasteiger partial charge in [0.05, 0.1) is 0 Å². The standard InChI is InChI=1S/C13H9Cl2NO5S/c14-8-1-4-10(5-2-8)20-13(17)11-7-9(15)3-6-12(11)21-22(16,18)19/h1-7H,(H2,16,18,19). The molecule has 2 aromatic carbocycles. The van der Waals surface area contributed by atoms with E-state index in [-0.39, 0.29) is 22.1 Å². The van der Waals surface area contributed by atoms with Crippen molar-refractivity contribution >= 4 is 39.5 Å². The van der Waals surface area contributed by atoms with Gasteiger partial charge in [0.25, 0.3) is 0 Å². The van der Waals surface area contributed by atoms with E-state index in [1.165, 1.54) is 42.5 Å². The summed E-state index contributed by atoms with van der Waals surface area (Å²) < 4.78 is 31.7. The lowest BCUT2D eigenvalue weighted by atomic mass is 10.2. The van der Waals surface area contributed by atoms with E-state index < -0.39 is 16.3 Å². The Morgan fingerprint density at radius 1 is 1.00 bits per heavy atom. The Bertz CT molecular complexity index is 806. The van der Waals surface area contributed by atoms with Crippen LogP contribution in [0.15, 0.2) is 42.5 Å². The van der Waals surface area contributed by atoms with Crippen molar-refractivity contribution in [3.8, 4) is 11.5 Å². The van der Waals surface area contributed by atoms with Crippen LogP contribution in [0.1, 0.15) is 10.4 Å². The molecule has 0 saturated carbocycles. The molecule has 0 radical (unpaired) electrons. The third kappa shape index (κ3) is 4.60. The van der Waals surface area contributed by atoms with Gasteiger partial charge < -0.3 is 8.92 Å². The highest BCUT2D eigenvalue weighted by Gasteiger charge is 2.19. The van der Waals surface area contributed by atoms with Gasteiger partial charge in [0.15, 0.2) is 5.75 Å². The maximum Gasteiger partial charge on any atom is 0.380 e. The molecule has 0 aliphatic rings. The fourth-order valence-electron chi connectivity index (χ4n) is 1.52. The molecule has 2 N–H and O–H groups in total. The lowest BCUT2D eigenvalue weighted by Crippen LogP contribution is -2.21. The largest absolute Gasteiger partial charge is 0.423 e. The van der Waals surface area contributed by atoms with E-state index in [4.69, 9.17) is 33.1 Å². The van der Waals surface area contributed by atoms with E-state index in [1.807, 2.05) is 0 Å². The van der Waals surface area contributed by atoms with Crippen LogP contribution in [-0.4, -0.2) is 14.4 Å². The number of hydrogen-bond acceptors (Lipinski definition) is 5. The average molecular weight is 362 g/mol. The summed E-state index contributed by atoms with van der Waals surface area (Å²) in [5.41, 5.74) is -0.184. The Hall–Kier alpha value is -1.80. The predicted molar refractivity (Wildman–Crippen MR) is 81.6 cm³/mol. The molecule has 0 unspecified atom stereocenters. The summed E-state index contributed by atoms with van der Waals surface area (Å²) in [5, 5.41) is 5.47. The van der Waals surface area contributed by atoms with Gasteiger partial charge >= 0.3 is 16.3 Å². The van der Waals surface area contributed by atoms with Crippen molar-refractivity contribution in [2.45, 2.75) is 0 Å². The summed E-state index contributed by atoms with van der Waals surface area (Å²) in [4.78, 5) is 12.1. The zero-order valence-electron chi connectivity index (χ0n) is 10.8. The molecule has 116 valence electrons. The lowest BCUT2D eigenvalue weighted by Gasteiger charge is -2.09. The smallest absolute Gasteiger partial charge is 0.380 e. The van der Waals surface area contributed by atoms with Gasteiger partial charge in [0.1, 0.15) is 11.3 Å². The topological polar surface area (TPSA) is 95.7 Å². The summed E-state index contributed by atoms with van der Waals surface area (Å²) in [6.45, 7) is 0. The summed E-state index contributed by atoms with van der Waals surface area (Å²) in [6, 6.07) is 9.77. The van der Waals surface area contributed by atoms with E-state index >= 15 is 0 Å².